The minimum atomic E-state index is -0.195. The van der Waals surface area contributed by atoms with Crippen molar-refractivity contribution in [2.75, 3.05) is 18.4 Å². The van der Waals surface area contributed by atoms with Crippen molar-refractivity contribution in [1.82, 2.24) is 5.32 Å². The first-order valence-electron chi connectivity index (χ1n) is 9.15. The van der Waals surface area contributed by atoms with Crippen molar-refractivity contribution in [2.24, 2.45) is 5.92 Å². The molecule has 0 bridgehead atoms. The van der Waals surface area contributed by atoms with Gasteiger partial charge in [0.2, 0.25) is 0 Å². The molecule has 0 fully saturated rings. The lowest BCUT2D eigenvalue weighted by Gasteiger charge is -2.15. The van der Waals surface area contributed by atoms with Gasteiger partial charge in [0.15, 0.2) is 0 Å². The number of aliphatic hydroxyl groups is 1. The second-order valence-electron chi connectivity index (χ2n) is 6.54. The number of hydrogen-bond acceptors (Lipinski definition) is 2. The normalized spacial score (nSPS) is 14.3. The summed E-state index contributed by atoms with van der Waals surface area (Å²) in [4.78, 5) is 0. The van der Waals surface area contributed by atoms with Gasteiger partial charge in [-0.05, 0) is 31.8 Å². The van der Waals surface area contributed by atoms with E-state index in [9.17, 15) is 5.11 Å². The Morgan fingerprint density at radius 1 is 0.905 bits per heavy atom. The van der Waals surface area contributed by atoms with Gasteiger partial charge in [-0.2, -0.15) is 0 Å². The quantitative estimate of drug-likeness (QED) is 0.288. The zero-order valence-corrected chi connectivity index (χ0v) is 16.0. The van der Waals surface area contributed by atoms with Crippen LogP contribution in [0.1, 0.15) is 84.5 Å². The number of nitrogens with one attached hydrogen (secondary N) is 1. The molecule has 3 heteroatoms. The molecule has 128 valence electrons. The van der Waals surface area contributed by atoms with Crippen LogP contribution in [0.4, 0.5) is 0 Å². The van der Waals surface area contributed by atoms with Crippen LogP contribution in [0.2, 0.25) is 0 Å². The van der Waals surface area contributed by atoms with E-state index in [0.29, 0.717) is 11.2 Å². The Morgan fingerprint density at radius 3 is 1.95 bits per heavy atom. The molecule has 2 N–H and O–H groups in total. The fourth-order valence-electron chi connectivity index (χ4n) is 2.70. The summed E-state index contributed by atoms with van der Waals surface area (Å²) in [7, 11) is 0. The van der Waals surface area contributed by atoms with Crippen LogP contribution in [-0.4, -0.2) is 29.6 Å². The Bertz CT molecular complexity index is 202. The zero-order valence-electron chi connectivity index (χ0n) is 14.4. The maximum absolute atomic E-state index is 9.54. The van der Waals surface area contributed by atoms with Crippen molar-refractivity contribution in [1.29, 1.82) is 0 Å². The number of aliphatic hydroxyl groups excluding tert-OH is 1. The molecule has 0 aromatic rings. The van der Waals surface area contributed by atoms with Crippen molar-refractivity contribution < 1.29 is 5.11 Å². The van der Waals surface area contributed by atoms with Crippen LogP contribution in [0, 0.1) is 5.92 Å². The van der Waals surface area contributed by atoms with Gasteiger partial charge in [0, 0.05) is 5.33 Å². The molecule has 0 rings (SSSR count). The van der Waals surface area contributed by atoms with Crippen molar-refractivity contribution in [3.63, 3.8) is 0 Å². The average Bonchev–Trinajstić information content (AvgIpc) is 2.48. The van der Waals surface area contributed by atoms with Crippen LogP contribution in [0.25, 0.3) is 0 Å². The van der Waals surface area contributed by atoms with Gasteiger partial charge < -0.3 is 10.4 Å². The molecule has 0 aromatic heterocycles. The molecular formula is C18H38BrNO. The van der Waals surface area contributed by atoms with Crippen molar-refractivity contribution in [3.05, 3.63) is 0 Å². The van der Waals surface area contributed by atoms with Crippen LogP contribution in [0.3, 0.4) is 0 Å². The molecule has 0 spiro atoms. The Hall–Kier alpha value is 0.400. The monoisotopic (exact) mass is 363 g/mol. The SMILES string of the molecule is CCCCCCCCCCCCNCC(C)CC(O)CBr. The van der Waals surface area contributed by atoms with E-state index in [2.05, 4.69) is 35.1 Å². The summed E-state index contributed by atoms with van der Waals surface area (Å²) in [5.41, 5.74) is 0. The van der Waals surface area contributed by atoms with Crippen LogP contribution in [0.5, 0.6) is 0 Å². The van der Waals surface area contributed by atoms with Crippen LogP contribution in [-0.2, 0) is 0 Å². The minimum absolute atomic E-state index is 0.195. The summed E-state index contributed by atoms with van der Waals surface area (Å²) in [6.45, 7) is 6.64. The Morgan fingerprint density at radius 2 is 1.43 bits per heavy atom. The smallest absolute Gasteiger partial charge is 0.0640 e. The third-order valence-corrected chi connectivity index (χ3v) is 4.80. The first kappa shape index (κ1) is 21.4. The molecule has 0 aromatic carbocycles. The second-order valence-corrected chi connectivity index (χ2v) is 7.18. The van der Waals surface area contributed by atoms with E-state index in [1.165, 1.54) is 64.2 Å². The average molecular weight is 364 g/mol. The van der Waals surface area contributed by atoms with Crippen LogP contribution in [0.15, 0.2) is 0 Å². The lowest BCUT2D eigenvalue weighted by molar-refractivity contribution is 0.169. The minimum Gasteiger partial charge on any atom is -0.392 e. The molecule has 0 aliphatic carbocycles. The predicted molar refractivity (Wildman–Crippen MR) is 98.3 cm³/mol. The van der Waals surface area contributed by atoms with Crippen molar-refractivity contribution >= 4 is 15.9 Å². The van der Waals surface area contributed by atoms with Gasteiger partial charge in [0.1, 0.15) is 0 Å². The highest BCUT2D eigenvalue weighted by Crippen LogP contribution is 2.10. The van der Waals surface area contributed by atoms with E-state index in [4.69, 9.17) is 0 Å². The van der Waals surface area contributed by atoms with Gasteiger partial charge in [-0.15, -0.1) is 0 Å². The zero-order chi connectivity index (χ0) is 15.8. The van der Waals surface area contributed by atoms with E-state index in [0.717, 1.165) is 19.5 Å². The highest BCUT2D eigenvalue weighted by molar-refractivity contribution is 9.09. The summed E-state index contributed by atoms with van der Waals surface area (Å²) in [6.07, 6.45) is 14.7. The highest BCUT2D eigenvalue weighted by Gasteiger charge is 2.08. The summed E-state index contributed by atoms with van der Waals surface area (Å²) < 4.78 is 0. The summed E-state index contributed by atoms with van der Waals surface area (Å²) in [5.74, 6) is 0.556. The standard InChI is InChI=1S/C18H38BrNO/c1-3-4-5-6-7-8-9-10-11-12-13-20-16-17(2)14-18(21)15-19/h17-18,20-21H,3-16H2,1-2H3. The number of rotatable bonds is 16. The molecule has 0 saturated carbocycles. The van der Waals surface area contributed by atoms with Gasteiger partial charge in [0.25, 0.3) is 0 Å². The molecule has 0 radical (unpaired) electrons. The fraction of sp³-hybridized carbons (Fsp3) is 1.00. The number of hydrogen-bond donors (Lipinski definition) is 2. The largest absolute Gasteiger partial charge is 0.392 e. The van der Waals surface area contributed by atoms with Gasteiger partial charge in [-0.3, -0.25) is 0 Å². The van der Waals surface area contributed by atoms with E-state index in [-0.39, 0.29) is 6.10 Å². The fourth-order valence-corrected chi connectivity index (χ4v) is 2.96. The van der Waals surface area contributed by atoms with E-state index in [1.54, 1.807) is 0 Å². The molecule has 0 aliphatic heterocycles. The second kappa shape index (κ2) is 16.8. The van der Waals surface area contributed by atoms with Crippen LogP contribution >= 0.6 is 15.9 Å². The van der Waals surface area contributed by atoms with Gasteiger partial charge in [0.05, 0.1) is 6.10 Å². The number of alkyl halides is 1. The molecule has 21 heavy (non-hydrogen) atoms. The Balaban J connectivity index is 3.12. The Kier molecular flexibility index (Phi) is 17.1. The molecular weight excluding hydrogens is 326 g/mol. The summed E-state index contributed by atoms with van der Waals surface area (Å²) in [6, 6.07) is 0. The third-order valence-electron chi connectivity index (χ3n) is 4.05. The molecule has 0 amide bonds. The summed E-state index contributed by atoms with van der Waals surface area (Å²) in [5, 5.41) is 13.7. The van der Waals surface area contributed by atoms with E-state index in [1.807, 2.05) is 0 Å². The molecule has 2 unspecified atom stereocenters. The number of unbranched alkanes of at least 4 members (excludes halogenated alkanes) is 9. The summed E-state index contributed by atoms with van der Waals surface area (Å²) >= 11 is 3.31. The highest BCUT2D eigenvalue weighted by atomic mass is 79.9. The molecule has 2 nitrogen and oxygen atoms in total. The maximum Gasteiger partial charge on any atom is 0.0640 e. The maximum atomic E-state index is 9.54. The van der Waals surface area contributed by atoms with Gasteiger partial charge >= 0.3 is 0 Å². The lowest BCUT2D eigenvalue weighted by atomic mass is 10.0. The van der Waals surface area contributed by atoms with E-state index >= 15 is 0 Å². The molecule has 0 saturated heterocycles. The van der Waals surface area contributed by atoms with Gasteiger partial charge in [-0.1, -0.05) is 87.6 Å². The first-order valence-corrected chi connectivity index (χ1v) is 10.3. The molecule has 2 atom stereocenters. The van der Waals surface area contributed by atoms with Gasteiger partial charge in [-0.25, -0.2) is 0 Å². The van der Waals surface area contributed by atoms with Crippen LogP contribution < -0.4 is 5.32 Å². The molecule has 0 aliphatic rings. The molecule has 0 heterocycles. The number of halogens is 1. The topological polar surface area (TPSA) is 32.3 Å². The van der Waals surface area contributed by atoms with Crippen molar-refractivity contribution in [3.8, 4) is 0 Å². The van der Waals surface area contributed by atoms with E-state index < -0.39 is 0 Å². The Labute approximate surface area is 141 Å². The predicted octanol–water partition coefficient (Wildman–Crippen LogP) is 5.28. The third kappa shape index (κ3) is 16.6. The lowest BCUT2D eigenvalue weighted by Crippen LogP contribution is -2.25. The van der Waals surface area contributed by atoms with Crippen molar-refractivity contribution in [2.45, 2.75) is 90.6 Å². The first-order chi connectivity index (χ1) is 10.2.